The molecule has 1 aromatic carbocycles. The summed E-state index contributed by atoms with van der Waals surface area (Å²) in [6.45, 7) is 0. The summed E-state index contributed by atoms with van der Waals surface area (Å²) in [5.41, 5.74) is 3.10. The van der Waals surface area contributed by atoms with Crippen molar-refractivity contribution in [3.05, 3.63) is 36.5 Å². The van der Waals surface area contributed by atoms with E-state index in [2.05, 4.69) is 20.4 Å². The predicted octanol–water partition coefficient (Wildman–Crippen LogP) is 2.57. The molecule has 0 amide bonds. The van der Waals surface area contributed by atoms with Gasteiger partial charge in [-0.1, -0.05) is 12.1 Å². The van der Waals surface area contributed by atoms with Crippen molar-refractivity contribution in [2.24, 2.45) is 0 Å². The van der Waals surface area contributed by atoms with Crippen molar-refractivity contribution in [1.29, 1.82) is 0 Å². The highest BCUT2D eigenvalue weighted by atomic mass is 35.5. The van der Waals surface area contributed by atoms with E-state index < -0.39 is 0 Å². The first kappa shape index (κ1) is 14.2. The van der Waals surface area contributed by atoms with Crippen LogP contribution in [0.4, 0.5) is 0 Å². The third-order valence-corrected chi connectivity index (χ3v) is 2.34. The smallest absolute Gasteiger partial charge is 0.131 e. The summed E-state index contributed by atoms with van der Waals surface area (Å²) in [5.74, 6) is 0.222. The zero-order chi connectivity index (χ0) is 11.0. The number of pyridine rings is 1. The fourth-order valence-corrected chi connectivity index (χ4v) is 1.57. The summed E-state index contributed by atoms with van der Waals surface area (Å²) >= 11 is 0. The zero-order valence-corrected chi connectivity index (χ0v) is 10.7. The summed E-state index contributed by atoms with van der Waals surface area (Å²) in [6, 6.07) is 8.77. The fraction of sp³-hybridized carbons (Fsp3) is 0. The molecule has 5 nitrogen and oxygen atoms in total. The lowest BCUT2D eigenvalue weighted by Crippen LogP contribution is -1.83. The Morgan fingerprint density at radius 2 is 1.78 bits per heavy atom. The average Bonchev–Trinajstić information content (AvgIpc) is 2.75. The third kappa shape index (κ3) is 2.52. The van der Waals surface area contributed by atoms with E-state index in [4.69, 9.17) is 0 Å². The molecule has 0 spiro atoms. The summed E-state index contributed by atoms with van der Waals surface area (Å²) in [7, 11) is 0. The molecule has 0 atom stereocenters. The highest BCUT2D eigenvalue weighted by Crippen LogP contribution is 2.22. The standard InChI is InChI=1S/C11H8N4O.2ClH/c16-8-3-1-2-7(4-8)9-5-10-11(6-12-9)14-15-13-10;;/h1-6,16H,(H,13,14,15);2*1H. The molecule has 2 heterocycles. The second kappa shape index (κ2) is 5.66. The fourth-order valence-electron chi connectivity index (χ4n) is 1.57. The second-order valence-corrected chi connectivity index (χ2v) is 3.43. The van der Waals surface area contributed by atoms with E-state index in [9.17, 15) is 5.11 Å². The van der Waals surface area contributed by atoms with Crippen LogP contribution in [0.5, 0.6) is 5.75 Å². The van der Waals surface area contributed by atoms with Gasteiger partial charge in [0.05, 0.1) is 11.9 Å². The Morgan fingerprint density at radius 3 is 2.56 bits per heavy atom. The van der Waals surface area contributed by atoms with Crippen LogP contribution in [0.2, 0.25) is 0 Å². The van der Waals surface area contributed by atoms with Gasteiger partial charge in [-0.15, -0.1) is 24.8 Å². The van der Waals surface area contributed by atoms with E-state index in [0.29, 0.717) is 0 Å². The molecule has 0 saturated heterocycles. The van der Waals surface area contributed by atoms with Gasteiger partial charge in [0.1, 0.15) is 16.8 Å². The number of rotatable bonds is 1. The molecule has 0 fully saturated rings. The van der Waals surface area contributed by atoms with Gasteiger partial charge in [-0.05, 0) is 18.2 Å². The molecule has 7 heteroatoms. The summed E-state index contributed by atoms with van der Waals surface area (Å²) in [5, 5.41) is 19.8. The molecule has 18 heavy (non-hydrogen) atoms. The lowest BCUT2D eigenvalue weighted by molar-refractivity contribution is 0.475. The van der Waals surface area contributed by atoms with Crippen molar-refractivity contribution < 1.29 is 5.11 Å². The number of hydrogen-bond acceptors (Lipinski definition) is 4. The van der Waals surface area contributed by atoms with E-state index in [1.165, 1.54) is 0 Å². The number of H-pyrrole nitrogens is 1. The van der Waals surface area contributed by atoms with Gasteiger partial charge in [0.25, 0.3) is 0 Å². The van der Waals surface area contributed by atoms with Gasteiger partial charge in [0.15, 0.2) is 0 Å². The van der Waals surface area contributed by atoms with Crippen LogP contribution in [0.3, 0.4) is 0 Å². The molecule has 0 bridgehead atoms. The number of fused-ring (bicyclic) bond motifs is 1. The van der Waals surface area contributed by atoms with E-state index in [0.717, 1.165) is 22.3 Å². The number of aromatic amines is 1. The molecule has 0 aliphatic carbocycles. The van der Waals surface area contributed by atoms with Crippen LogP contribution in [0.1, 0.15) is 0 Å². The van der Waals surface area contributed by atoms with Crippen molar-refractivity contribution in [1.82, 2.24) is 20.4 Å². The maximum atomic E-state index is 9.39. The number of aromatic hydroxyl groups is 1. The van der Waals surface area contributed by atoms with E-state index in [1.54, 1.807) is 24.4 Å². The van der Waals surface area contributed by atoms with Gasteiger partial charge in [0.2, 0.25) is 0 Å². The zero-order valence-electron chi connectivity index (χ0n) is 9.07. The molecular formula is C11H10Cl2N4O. The summed E-state index contributed by atoms with van der Waals surface area (Å²) in [4.78, 5) is 4.26. The Bertz CT molecular complexity index is 656. The monoisotopic (exact) mass is 284 g/mol. The molecule has 0 aliphatic heterocycles. The Morgan fingerprint density at radius 1 is 1.00 bits per heavy atom. The van der Waals surface area contributed by atoms with Crippen LogP contribution in [0.25, 0.3) is 22.3 Å². The lowest BCUT2D eigenvalue weighted by atomic mass is 10.1. The van der Waals surface area contributed by atoms with Crippen LogP contribution in [0, 0.1) is 0 Å². The highest BCUT2D eigenvalue weighted by Gasteiger charge is 2.04. The van der Waals surface area contributed by atoms with Crippen molar-refractivity contribution in [2.45, 2.75) is 0 Å². The molecule has 2 N–H and O–H groups in total. The molecule has 3 rings (SSSR count). The Kier molecular flexibility index (Phi) is 4.47. The van der Waals surface area contributed by atoms with E-state index in [-0.39, 0.29) is 30.6 Å². The quantitative estimate of drug-likeness (QED) is 0.720. The normalized spacial score (nSPS) is 9.56. The van der Waals surface area contributed by atoms with Crippen molar-refractivity contribution in [3.8, 4) is 17.0 Å². The SMILES string of the molecule is Cl.Cl.Oc1cccc(-c2cc3n[nH]nc3cn2)c1. The average molecular weight is 285 g/mol. The number of phenolic OH excluding ortho intramolecular Hbond substituents is 1. The van der Waals surface area contributed by atoms with Crippen LogP contribution in [-0.2, 0) is 0 Å². The summed E-state index contributed by atoms with van der Waals surface area (Å²) < 4.78 is 0. The minimum absolute atomic E-state index is 0. The van der Waals surface area contributed by atoms with Crippen molar-refractivity contribution in [2.75, 3.05) is 0 Å². The van der Waals surface area contributed by atoms with Gasteiger partial charge in [-0.2, -0.15) is 15.4 Å². The molecule has 0 unspecified atom stereocenters. The van der Waals surface area contributed by atoms with Gasteiger partial charge >= 0.3 is 0 Å². The van der Waals surface area contributed by atoms with Crippen LogP contribution in [0.15, 0.2) is 36.5 Å². The van der Waals surface area contributed by atoms with Crippen LogP contribution >= 0.6 is 24.8 Å². The van der Waals surface area contributed by atoms with Crippen molar-refractivity contribution >= 4 is 35.8 Å². The maximum absolute atomic E-state index is 9.39. The van der Waals surface area contributed by atoms with Gasteiger partial charge in [-0.3, -0.25) is 4.98 Å². The molecule has 3 aromatic rings. The van der Waals surface area contributed by atoms with E-state index >= 15 is 0 Å². The van der Waals surface area contributed by atoms with Gasteiger partial charge in [0, 0.05) is 5.56 Å². The minimum Gasteiger partial charge on any atom is -0.508 e. The number of halogens is 2. The molecule has 94 valence electrons. The largest absolute Gasteiger partial charge is 0.508 e. The molecule has 2 aromatic heterocycles. The van der Waals surface area contributed by atoms with Gasteiger partial charge in [-0.25, -0.2) is 0 Å². The number of phenols is 1. The Balaban J connectivity index is 0.000000810. The first-order valence-electron chi connectivity index (χ1n) is 4.79. The molecular weight excluding hydrogens is 275 g/mol. The second-order valence-electron chi connectivity index (χ2n) is 3.43. The molecule has 0 saturated carbocycles. The van der Waals surface area contributed by atoms with E-state index in [1.807, 2.05) is 12.1 Å². The first-order chi connectivity index (χ1) is 7.83. The summed E-state index contributed by atoms with van der Waals surface area (Å²) in [6.07, 6.45) is 1.65. The minimum atomic E-state index is 0. The number of nitrogens with one attached hydrogen (secondary N) is 1. The molecule has 0 radical (unpaired) electrons. The lowest BCUT2D eigenvalue weighted by Gasteiger charge is -2.00. The molecule has 0 aliphatic rings. The Labute approximate surface area is 115 Å². The maximum Gasteiger partial charge on any atom is 0.131 e. The number of aromatic nitrogens is 4. The highest BCUT2D eigenvalue weighted by molar-refractivity contribution is 5.85. The number of benzene rings is 1. The number of hydrogen-bond donors (Lipinski definition) is 2. The van der Waals surface area contributed by atoms with Crippen molar-refractivity contribution in [3.63, 3.8) is 0 Å². The predicted molar refractivity (Wildman–Crippen MR) is 73.3 cm³/mol. The van der Waals surface area contributed by atoms with Crippen LogP contribution in [-0.4, -0.2) is 25.5 Å². The first-order valence-corrected chi connectivity index (χ1v) is 4.79. The third-order valence-electron chi connectivity index (χ3n) is 2.34. The topological polar surface area (TPSA) is 74.7 Å². The van der Waals surface area contributed by atoms with Gasteiger partial charge < -0.3 is 5.11 Å². The van der Waals surface area contributed by atoms with Crippen LogP contribution < -0.4 is 0 Å². The Hall–Kier alpha value is -1.85. The number of nitrogens with zero attached hydrogens (tertiary/aromatic N) is 3.